The Morgan fingerprint density at radius 1 is 1.50 bits per heavy atom. The highest BCUT2D eigenvalue weighted by Crippen LogP contribution is 2.28. The van der Waals surface area contributed by atoms with Crippen LogP contribution in [0, 0.1) is 0 Å². The quantitative estimate of drug-likeness (QED) is 0.906. The van der Waals surface area contributed by atoms with E-state index in [-0.39, 0.29) is 5.91 Å². The van der Waals surface area contributed by atoms with Crippen LogP contribution in [0.1, 0.15) is 13.8 Å². The molecule has 1 aromatic carbocycles. The fraction of sp³-hybridized carbons (Fsp3) is 0.364. The third kappa shape index (κ3) is 3.58. The molecule has 0 saturated heterocycles. The normalized spacial score (nSPS) is 12.0. The molecule has 1 N–H and O–H groups in total. The van der Waals surface area contributed by atoms with Gasteiger partial charge in [0.15, 0.2) is 6.10 Å². The third-order valence-electron chi connectivity index (χ3n) is 1.92. The van der Waals surface area contributed by atoms with Crippen LogP contribution in [0.4, 0.5) is 0 Å². The molecule has 0 heterocycles. The Kier molecular flexibility index (Phi) is 4.90. The first-order chi connectivity index (χ1) is 7.54. The average molecular weight is 262 g/mol. The van der Waals surface area contributed by atoms with Crippen molar-refractivity contribution in [2.45, 2.75) is 20.0 Å². The number of rotatable bonds is 4. The predicted octanol–water partition coefficient (Wildman–Crippen LogP) is 2.90. The Labute approximate surface area is 105 Å². The standard InChI is InChI=1S/C11H13Cl2NO2/c1-3-14-11(15)7(2)16-10-5-4-8(12)6-9(10)13/h4-7H,3H2,1-2H3,(H,14,15)/t7-/m1/s1. The van der Waals surface area contributed by atoms with Crippen LogP contribution in [0.25, 0.3) is 0 Å². The number of hydrogen-bond donors (Lipinski definition) is 1. The molecule has 0 fully saturated rings. The lowest BCUT2D eigenvalue weighted by atomic mass is 10.3. The van der Waals surface area contributed by atoms with Crippen molar-refractivity contribution in [3.63, 3.8) is 0 Å². The monoisotopic (exact) mass is 261 g/mol. The molecule has 1 atom stereocenters. The first-order valence-corrected chi connectivity index (χ1v) is 5.69. The summed E-state index contributed by atoms with van der Waals surface area (Å²) in [5, 5.41) is 3.59. The van der Waals surface area contributed by atoms with Gasteiger partial charge in [0.25, 0.3) is 5.91 Å². The zero-order valence-electron chi connectivity index (χ0n) is 9.09. The van der Waals surface area contributed by atoms with Crippen molar-refractivity contribution in [2.75, 3.05) is 6.54 Å². The number of nitrogens with one attached hydrogen (secondary N) is 1. The van der Waals surface area contributed by atoms with E-state index in [2.05, 4.69) is 5.32 Å². The average Bonchev–Trinajstić information content (AvgIpc) is 2.22. The molecule has 88 valence electrons. The molecule has 1 rings (SSSR count). The molecule has 1 amide bonds. The molecule has 0 aliphatic heterocycles. The highest BCUT2D eigenvalue weighted by atomic mass is 35.5. The van der Waals surface area contributed by atoms with Crippen LogP contribution >= 0.6 is 23.2 Å². The summed E-state index contributed by atoms with van der Waals surface area (Å²) in [7, 11) is 0. The van der Waals surface area contributed by atoms with Crippen LogP contribution < -0.4 is 10.1 Å². The number of ether oxygens (including phenoxy) is 1. The lowest BCUT2D eigenvalue weighted by Gasteiger charge is -2.14. The van der Waals surface area contributed by atoms with E-state index in [1.165, 1.54) is 0 Å². The van der Waals surface area contributed by atoms with Gasteiger partial charge in [0, 0.05) is 11.6 Å². The molecule has 0 unspecified atom stereocenters. The van der Waals surface area contributed by atoms with Gasteiger partial charge >= 0.3 is 0 Å². The molecule has 0 aliphatic carbocycles. The molecule has 16 heavy (non-hydrogen) atoms. The summed E-state index contributed by atoms with van der Waals surface area (Å²) in [5.41, 5.74) is 0. The Morgan fingerprint density at radius 3 is 2.75 bits per heavy atom. The number of halogens is 2. The molecule has 0 aromatic heterocycles. The lowest BCUT2D eigenvalue weighted by Crippen LogP contribution is -2.36. The van der Waals surface area contributed by atoms with Gasteiger partial charge in [-0.25, -0.2) is 0 Å². The van der Waals surface area contributed by atoms with Gasteiger partial charge in [0.1, 0.15) is 5.75 Å². The summed E-state index contributed by atoms with van der Waals surface area (Å²) >= 11 is 11.7. The number of benzene rings is 1. The van der Waals surface area contributed by atoms with Crippen LogP contribution in [-0.4, -0.2) is 18.6 Å². The molecular weight excluding hydrogens is 249 g/mol. The van der Waals surface area contributed by atoms with E-state index in [0.717, 1.165) is 0 Å². The minimum atomic E-state index is -0.585. The largest absolute Gasteiger partial charge is 0.479 e. The van der Waals surface area contributed by atoms with Gasteiger partial charge in [-0.05, 0) is 32.0 Å². The zero-order chi connectivity index (χ0) is 12.1. The molecular formula is C11H13Cl2NO2. The van der Waals surface area contributed by atoms with E-state index in [0.29, 0.717) is 22.3 Å². The molecule has 0 bridgehead atoms. The predicted molar refractivity (Wildman–Crippen MR) is 65.2 cm³/mol. The molecule has 0 radical (unpaired) electrons. The van der Waals surface area contributed by atoms with E-state index in [1.807, 2.05) is 6.92 Å². The van der Waals surface area contributed by atoms with E-state index in [9.17, 15) is 4.79 Å². The molecule has 0 aliphatic rings. The van der Waals surface area contributed by atoms with Gasteiger partial charge in [0.05, 0.1) is 5.02 Å². The summed E-state index contributed by atoms with van der Waals surface area (Å²) < 4.78 is 5.41. The maximum Gasteiger partial charge on any atom is 0.260 e. The maximum absolute atomic E-state index is 11.4. The van der Waals surface area contributed by atoms with Crippen molar-refractivity contribution < 1.29 is 9.53 Å². The zero-order valence-corrected chi connectivity index (χ0v) is 10.6. The number of carbonyl (C=O) groups is 1. The van der Waals surface area contributed by atoms with Crippen molar-refractivity contribution in [1.29, 1.82) is 0 Å². The Hall–Kier alpha value is -0.930. The van der Waals surface area contributed by atoms with E-state index >= 15 is 0 Å². The Balaban J connectivity index is 2.69. The van der Waals surface area contributed by atoms with Gasteiger partial charge in [-0.2, -0.15) is 0 Å². The van der Waals surface area contributed by atoms with Gasteiger partial charge in [0.2, 0.25) is 0 Å². The van der Waals surface area contributed by atoms with Gasteiger partial charge in [-0.15, -0.1) is 0 Å². The fourth-order valence-corrected chi connectivity index (χ4v) is 1.59. The topological polar surface area (TPSA) is 38.3 Å². The van der Waals surface area contributed by atoms with Crippen LogP contribution in [0.5, 0.6) is 5.75 Å². The second kappa shape index (κ2) is 5.97. The van der Waals surface area contributed by atoms with Gasteiger partial charge in [-0.1, -0.05) is 23.2 Å². The first kappa shape index (κ1) is 13.1. The highest BCUT2D eigenvalue weighted by Gasteiger charge is 2.14. The van der Waals surface area contributed by atoms with Crippen molar-refractivity contribution in [3.8, 4) is 5.75 Å². The molecule has 0 spiro atoms. The van der Waals surface area contributed by atoms with E-state index in [1.54, 1.807) is 25.1 Å². The minimum Gasteiger partial charge on any atom is -0.479 e. The van der Waals surface area contributed by atoms with Crippen molar-refractivity contribution in [3.05, 3.63) is 28.2 Å². The fourth-order valence-electron chi connectivity index (χ4n) is 1.13. The summed E-state index contributed by atoms with van der Waals surface area (Å²) in [4.78, 5) is 11.4. The molecule has 0 saturated carbocycles. The van der Waals surface area contributed by atoms with Crippen LogP contribution in [-0.2, 0) is 4.79 Å². The Morgan fingerprint density at radius 2 is 2.19 bits per heavy atom. The number of amides is 1. The number of hydrogen-bond acceptors (Lipinski definition) is 2. The first-order valence-electron chi connectivity index (χ1n) is 4.94. The summed E-state index contributed by atoms with van der Waals surface area (Å²) in [6, 6.07) is 4.87. The van der Waals surface area contributed by atoms with Crippen LogP contribution in [0.15, 0.2) is 18.2 Å². The molecule has 3 nitrogen and oxygen atoms in total. The third-order valence-corrected chi connectivity index (χ3v) is 2.45. The van der Waals surface area contributed by atoms with Crippen LogP contribution in [0.3, 0.4) is 0 Å². The van der Waals surface area contributed by atoms with Gasteiger partial charge in [-0.3, -0.25) is 4.79 Å². The highest BCUT2D eigenvalue weighted by molar-refractivity contribution is 6.35. The molecule has 1 aromatic rings. The lowest BCUT2D eigenvalue weighted by molar-refractivity contribution is -0.127. The number of likely N-dealkylation sites (N-methyl/N-ethyl adjacent to an activating group) is 1. The van der Waals surface area contributed by atoms with Gasteiger partial charge < -0.3 is 10.1 Å². The second-order valence-corrected chi connectivity index (χ2v) is 4.07. The van der Waals surface area contributed by atoms with Crippen molar-refractivity contribution in [2.24, 2.45) is 0 Å². The maximum atomic E-state index is 11.4. The van der Waals surface area contributed by atoms with E-state index < -0.39 is 6.10 Å². The number of carbonyl (C=O) groups excluding carboxylic acids is 1. The van der Waals surface area contributed by atoms with Crippen LogP contribution in [0.2, 0.25) is 10.0 Å². The minimum absolute atomic E-state index is 0.173. The van der Waals surface area contributed by atoms with E-state index in [4.69, 9.17) is 27.9 Å². The second-order valence-electron chi connectivity index (χ2n) is 3.23. The smallest absolute Gasteiger partial charge is 0.260 e. The van der Waals surface area contributed by atoms with Crippen molar-refractivity contribution >= 4 is 29.1 Å². The summed E-state index contributed by atoms with van der Waals surface area (Å²) in [5.74, 6) is 0.276. The SMILES string of the molecule is CCNC(=O)[C@@H](C)Oc1ccc(Cl)cc1Cl. The summed E-state index contributed by atoms with van der Waals surface area (Å²) in [6.07, 6.45) is -0.585. The Bertz CT molecular complexity index is 382. The summed E-state index contributed by atoms with van der Waals surface area (Å²) in [6.45, 7) is 4.08. The van der Waals surface area contributed by atoms with Crippen molar-refractivity contribution in [1.82, 2.24) is 5.32 Å². The molecule has 5 heteroatoms.